The van der Waals surface area contributed by atoms with Gasteiger partial charge in [0, 0.05) is 98.2 Å². The standard InChI is InChI=1S/2C24H23F2N5O2.H2S/c2*1-4-20(32)19-12-15(13-31(19)5-2)24(22(33)30(3)23(27)29-24)14-8-9-18(25)17(11-14)16-7-6-10-28-21(16)26;/h2*6-13H,4-5H2,1-3H3,(H2,27,29);1H2/t24-;;/m0../s1. The predicted molar refractivity (Wildman–Crippen MR) is 249 cm³/mol. The van der Waals surface area contributed by atoms with Gasteiger partial charge in [-0.3, -0.25) is 29.0 Å². The first-order valence-corrected chi connectivity index (χ1v) is 21.0. The van der Waals surface area contributed by atoms with Gasteiger partial charge in [0.05, 0.1) is 11.4 Å². The fourth-order valence-electron chi connectivity index (χ4n) is 8.23. The lowest BCUT2D eigenvalue weighted by molar-refractivity contribution is -0.130. The largest absolute Gasteiger partial charge is 0.369 e. The molecule has 67 heavy (non-hydrogen) atoms. The van der Waals surface area contributed by atoms with Gasteiger partial charge < -0.3 is 20.6 Å². The van der Waals surface area contributed by atoms with E-state index in [2.05, 4.69) is 20.0 Å². The number of carbonyl (C=O) groups is 4. The van der Waals surface area contributed by atoms with Crippen LogP contribution in [0.2, 0.25) is 0 Å². The van der Waals surface area contributed by atoms with E-state index >= 15 is 0 Å². The van der Waals surface area contributed by atoms with Crippen LogP contribution in [0.1, 0.15) is 83.8 Å². The summed E-state index contributed by atoms with van der Waals surface area (Å²) in [5.74, 6) is -4.19. The molecule has 14 nitrogen and oxygen atoms in total. The van der Waals surface area contributed by atoms with Crippen molar-refractivity contribution in [3.8, 4) is 22.3 Å². The number of Topliss-reactive ketones (excluding diaryl/α,β-unsaturated/α-hetero) is 2. The van der Waals surface area contributed by atoms with Crippen LogP contribution >= 0.6 is 13.5 Å². The molecule has 2 aliphatic heterocycles. The maximum Gasteiger partial charge on any atom is 0.266 e. The van der Waals surface area contributed by atoms with Crippen LogP contribution in [-0.4, -0.2) is 78.3 Å². The normalized spacial score (nSPS) is 17.8. The minimum Gasteiger partial charge on any atom is -0.369 e. The number of halogens is 4. The molecule has 6 aromatic rings. The van der Waals surface area contributed by atoms with Crippen LogP contribution in [0.3, 0.4) is 0 Å². The van der Waals surface area contributed by atoms with Crippen LogP contribution in [0.4, 0.5) is 17.6 Å². The van der Waals surface area contributed by atoms with Gasteiger partial charge in [-0.25, -0.2) is 28.7 Å². The maximum atomic E-state index is 14.8. The molecule has 2 aromatic carbocycles. The fraction of sp³-hybridized carbons (Fsp3) is 0.250. The lowest BCUT2D eigenvalue weighted by atomic mass is 9.82. The average Bonchev–Trinajstić information content (AvgIpc) is 4.07. The highest BCUT2D eigenvalue weighted by atomic mass is 32.1. The Morgan fingerprint density at radius 1 is 0.567 bits per heavy atom. The third-order valence-corrected chi connectivity index (χ3v) is 11.9. The van der Waals surface area contributed by atoms with E-state index in [0.717, 1.165) is 12.1 Å². The number of benzene rings is 2. The Bertz CT molecular complexity index is 2810. The van der Waals surface area contributed by atoms with Crippen molar-refractivity contribution in [3.63, 3.8) is 0 Å². The number of nitrogens with two attached hydrogens (primary N) is 2. The molecule has 0 radical (unpaired) electrons. The zero-order valence-electron chi connectivity index (χ0n) is 37.4. The molecule has 1 unspecified atom stereocenters. The molecule has 4 aromatic heterocycles. The lowest BCUT2D eigenvalue weighted by Gasteiger charge is -2.25. The monoisotopic (exact) mass is 936 g/mol. The Morgan fingerprint density at radius 2 is 0.940 bits per heavy atom. The number of rotatable bonds is 12. The van der Waals surface area contributed by atoms with Crippen molar-refractivity contribution in [2.45, 2.75) is 64.7 Å². The Labute approximate surface area is 390 Å². The molecule has 4 N–H and O–H groups in total. The van der Waals surface area contributed by atoms with E-state index in [1.807, 2.05) is 13.8 Å². The number of pyridine rings is 2. The third-order valence-electron chi connectivity index (χ3n) is 11.9. The van der Waals surface area contributed by atoms with Crippen LogP contribution in [0, 0.1) is 23.5 Å². The van der Waals surface area contributed by atoms with E-state index in [9.17, 15) is 36.7 Å². The van der Waals surface area contributed by atoms with Gasteiger partial charge in [-0.05, 0) is 85.6 Å². The number of guanidine groups is 2. The Kier molecular flexibility index (Phi) is 14.1. The molecule has 2 aliphatic rings. The van der Waals surface area contributed by atoms with E-state index in [4.69, 9.17) is 11.5 Å². The van der Waals surface area contributed by atoms with Crippen LogP contribution in [-0.2, 0) is 33.8 Å². The molecule has 0 saturated carbocycles. The number of nitrogens with zero attached hydrogens (tertiary/aromatic N) is 8. The fourth-order valence-corrected chi connectivity index (χ4v) is 8.23. The molecule has 8 rings (SSSR count). The minimum absolute atomic E-state index is 0. The first kappa shape index (κ1) is 49.0. The van der Waals surface area contributed by atoms with Gasteiger partial charge in [0.25, 0.3) is 11.8 Å². The van der Waals surface area contributed by atoms with Crippen LogP contribution in [0.5, 0.6) is 0 Å². The highest BCUT2D eigenvalue weighted by Crippen LogP contribution is 2.44. The molecule has 0 bridgehead atoms. The van der Waals surface area contributed by atoms with E-state index < -0.39 is 46.4 Å². The Balaban J connectivity index is 0.000000218. The summed E-state index contributed by atoms with van der Waals surface area (Å²) in [4.78, 5) is 70.7. The highest BCUT2D eigenvalue weighted by molar-refractivity contribution is 7.59. The topological polar surface area (TPSA) is 187 Å². The van der Waals surface area contributed by atoms with Crippen LogP contribution < -0.4 is 11.5 Å². The number of hydrogen-bond donors (Lipinski definition) is 2. The van der Waals surface area contributed by atoms with Crippen molar-refractivity contribution in [1.82, 2.24) is 28.9 Å². The number of carbonyl (C=O) groups excluding carboxylic acids is 4. The van der Waals surface area contributed by atoms with Crippen molar-refractivity contribution in [1.29, 1.82) is 0 Å². The van der Waals surface area contributed by atoms with Gasteiger partial charge in [0.15, 0.2) is 34.6 Å². The zero-order valence-corrected chi connectivity index (χ0v) is 38.4. The van der Waals surface area contributed by atoms with Crippen molar-refractivity contribution in [2.75, 3.05) is 14.1 Å². The summed E-state index contributed by atoms with van der Waals surface area (Å²) in [6, 6.07) is 17.0. The molecule has 0 spiro atoms. The van der Waals surface area contributed by atoms with Gasteiger partial charge in [0.2, 0.25) is 11.9 Å². The number of aryl methyl sites for hydroxylation is 2. The summed E-state index contributed by atoms with van der Waals surface area (Å²) < 4.78 is 61.8. The Morgan fingerprint density at radius 3 is 1.24 bits per heavy atom. The van der Waals surface area contributed by atoms with Crippen molar-refractivity contribution in [2.24, 2.45) is 21.5 Å². The molecule has 2 atom stereocenters. The smallest absolute Gasteiger partial charge is 0.266 e. The van der Waals surface area contributed by atoms with Crippen molar-refractivity contribution < 1.29 is 36.7 Å². The second kappa shape index (κ2) is 19.2. The summed E-state index contributed by atoms with van der Waals surface area (Å²) in [6.45, 7) is 8.26. The predicted octanol–water partition coefficient (Wildman–Crippen LogP) is 7.06. The van der Waals surface area contributed by atoms with E-state index in [-0.39, 0.29) is 72.1 Å². The number of aromatic nitrogens is 4. The van der Waals surface area contributed by atoms with E-state index in [1.54, 1.807) is 47.5 Å². The lowest BCUT2D eigenvalue weighted by Crippen LogP contribution is -2.41. The molecule has 2 amide bonds. The van der Waals surface area contributed by atoms with Crippen molar-refractivity contribution >= 4 is 48.8 Å². The molecule has 0 saturated heterocycles. The van der Waals surface area contributed by atoms with Gasteiger partial charge in [-0.2, -0.15) is 22.3 Å². The average molecular weight is 937 g/mol. The quantitative estimate of drug-likeness (QED) is 0.0742. The number of likely N-dealkylation sites (N-methyl/N-ethyl adjacent to an activating group) is 2. The van der Waals surface area contributed by atoms with Gasteiger partial charge in [0.1, 0.15) is 11.6 Å². The molecule has 0 fully saturated rings. The van der Waals surface area contributed by atoms with Crippen molar-refractivity contribution in [3.05, 3.63) is 155 Å². The number of amides is 2. The first-order valence-electron chi connectivity index (χ1n) is 21.0. The highest BCUT2D eigenvalue weighted by Gasteiger charge is 2.52. The second-order valence-electron chi connectivity index (χ2n) is 15.5. The van der Waals surface area contributed by atoms with Gasteiger partial charge in [-0.1, -0.05) is 26.0 Å². The SMILES string of the molecule is CCC(=O)c1cc(C2(c3ccc(F)c(-c4cccnc4F)c3)N=C(N)N(C)C2=O)cn1CC.CCC(=O)c1cc([C@]2(c3ccc(F)c(-c4cccnc4F)c3)N=C(N)N(C)C2=O)cn1CC.S. The minimum atomic E-state index is -1.65. The molecule has 0 aliphatic carbocycles. The second-order valence-corrected chi connectivity index (χ2v) is 15.5. The summed E-state index contributed by atoms with van der Waals surface area (Å²) in [7, 11) is 2.98. The van der Waals surface area contributed by atoms with Crippen LogP contribution in [0.25, 0.3) is 22.3 Å². The summed E-state index contributed by atoms with van der Waals surface area (Å²) in [5, 5.41) is 0. The van der Waals surface area contributed by atoms with E-state index in [1.165, 1.54) is 84.8 Å². The molecule has 6 heterocycles. The summed E-state index contributed by atoms with van der Waals surface area (Å²) in [6.07, 6.45) is 6.48. The first-order chi connectivity index (χ1) is 31.5. The Hall–Kier alpha value is -7.41. The number of aliphatic imine (C=N–C) groups is 2. The zero-order chi connectivity index (χ0) is 47.8. The maximum absolute atomic E-state index is 14.8. The summed E-state index contributed by atoms with van der Waals surface area (Å²) in [5.41, 5.74) is 10.8. The molecular formula is C48H48F4N10O4S. The summed E-state index contributed by atoms with van der Waals surface area (Å²) >= 11 is 0. The van der Waals surface area contributed by atoms with Gasteiger partial charge in [-0.15, -0.1) is 0 Å². The number of hydrogen-bond acceptors (Lipinski definition) is 10. The molecular weight excluding hydrogens is 889 g/mol. The number of ketones is 2. The molecule has 348 valence electrons. The van der Waals surface area contributed by atoms with E-state index in [0.29, 0.717) is 46.7 Å². The molecule has 19 heteroatoms. The third kappa shape index (κ3) is 8.27. The van der Waals surface area contributed by atoms with Gasteiger partial charge >= 0.3 is 0 Å². The van der Waals surface area contributed by atoms with Crippen LogP contribution in [0.15, 0.2) is 108 Å².